The third-order valence-electron chi connectivity index (χ3n) is 4.69. The van der Waals surface area contributed by atoms with E-state index in [0.717, 1.165) is 34.1 Å². The first-order valence-electron chi connectivity index (χ1n) is 9.46. The Bertz CT molecular complexity index is 1200. The van der Waals surface area contributed by atoms with E-state index < -0.39 is 5.82 Å². The second-order valence-electron chi connectivity index (χ2n) is 7.09. The SMILES string of the molecule is CN(C)CCOc1ncnc2ccc(-c3cccnc3-c3ccc(F)c(Cl)c3)cc12. The van der Waals surface area contributed by atoms with Crippen molar-refractivity contribution in [1.29, 1.82) is 0 Å². The number of pyridine rings is 1. The summed E-state index contributed by atoms with van der Waals surface area (Å²) in [7, 11) is 3.98. The fraction of sp³-hybridized carbons (Fsp3) is 0.174. The lowest BCUT2D eigenvalue weighted by atomic mass is 9.98. The van der Waals surface area contributed by atoms with Gasteiger partial charge in [0, 0.05) is 23.9 Å². The highest BCUT2D eigenvalue weighted by molar-refractivity contribution is 6.31. The van der Waals surface area contributed by atoms with Gasteiger partial charge in [-0.15, -0.1) is 0 Å². The molecule has 0 saturated heterocycles. The summed E-state index contributed by atoms with van der Waals surface area (Å²) in [6, 6.07) is 14.3. The summed E-state index contributed by atoms with van der Waals surface area (Å²) in [5.41, 5.74) is 4.07. The van der Waals surface area contributed by atoms with Crippen LogP contribution in [-0.2, 0) is 0 Å². The van der Waals surface area contributed by atoms with Crippen molar-refractivity contribution in [2.45, 2.75) is 0 Å². The molecule has 0 radical (unpaired) electrons. The molecule has 0 atom stereocenters. The number of hydrogen-bond donors (Lipinski definition) is 0. The van der Waals surface area contributed by atoms with Gasteiger partial charge in [0.25, 0.3) is 0 Å². The Morgan fingerprint density at radius 1 is 1.00 bits per heavy atom. The lowest BCUT2D eigenvalue weighted by Crippen LogP contribution is -2.19. The molecule has 152 valence electrons. The van der Waals surface area contributed by atoms with Crippen LogP contribution < -0.4 is 4.74 Å². The predicted octanol–water partition coefficient (Wildman–Crippen LogP) is 5.09. The lowest BCUT2D eigenvalue weighted by molar-refractivity contribution is 0.256. The van der Waals surface area contributed by atoms with Crippen molar-refractivity contribution < 1.29 is 9.13 Å². The van der Waals surface area contributed by atoms with Crippen LogP contribution in [0.15, 0.2) is 61.1 Å². The molecule has 7 heteroatoms. The van der Waals surface area contributed by atoms with Crippen LogP contribution in [0.3, 0.4) is 0 Å². The minimum atomic E-state index is -0.458. The van der Waals surface area contributed by atoms with Crippen molar-refractivity contribution in [3.8, 4) is 28.3 Å². The first-order valence-corrected chi connectivity index (χ1v) is 9.84. The van der Waals surface area contributed by atoms with Crippen LogP contribution in [0.2, 0.25) is 5.02 Å². The molecule has 0 unspecified atom stereocenters. The summed E-state index contributed by atoms with van der Waals surface area (Å²) in [5.74, 6) is 0.0826. The molecule has 2 heterocycles. The molecule has 2 aromatic heterocycles. The minimum absolute atomic E-state index is 0.0626. The zero-order chi connectivity index (χ0) is 21.1. The molecule has 0 saturated carbocycles. The smallest absolute Gasteiger partial charge is 0.224 e. The average Bonchev–Trinajstić information content (AvgIpc) is 2.75. The number of likely N-dealkylation sites (N-methyl/N-ethyl adjacent to an activating group) is 1. The Morgan fingerprint density at radius 2 is 1.83 bits per heavy atom. The van der Waals surface area contributed by atoms with Crippen LogP contribution in [0.5, 0.6) is 5.88 Å². The molecule has 0 aliphatic carbocycles. The first-order chi connectivity index (χ1) is 14.5. The van der Waals surface area contributed by atoms with Gasteiger partial charge in [-0.05, 0) is 56.1 Å². The van der Waals surface area contributed by atoms with Crippen LogP contribution in [0.25, 0.3) is 33.3 Å². The summed E-state index contributed by atoms with van der Waals surface area (Å²) in [4.78, 5) is 15.2. The van der Waals surface area contributed by atoms with Gasteiger partial charge >= 0.3 is 0 Å². The molecule has 30 heavy (non-hydrogen) atoms. The standard InChI is InChI=1S/C23H20ClFN4O/c1-29(2)10-11-30-23-18-12-15(6-8-21(18)27-14-28-23)17-4-3-9-26-22(17)16-5-7-20(25)19(24)13-16/h3-9,12-14H,10-11H2,1-2H3. The summed E-state index contributed by atoms with van der Waals surface area (Å²) in [6.45, 7) is 1.30. The second kappa shape index (κ2) is 8.73. The number of hydrogen-bond acceptors (Lipinski definition) is 5. The number of aromatic nitrogens is 3. The van der Waals surface area contributed by atoms with Gasteiger partial charge in [-0.2, -0.15) is 0 Å². The molecule has 5 nitrogen and oxygen atoms in total. The lowest BCUT2D eigenvalue weighted by Gasteiger charge is -2.13. The molecule has 0 fully saturated rings. The van der Waals surface area contributed by atoms with Gasteiger partial charge in [-0.25, -0.2) is 14.4 Å². The summed E-state index contributed by atoms with van der Waals surface area (Å²) in [5, 5.41) is 0.883. The van der Waals surface area contributed by atoms with Gasteiger partial charge in [0.1, 0.15) is 18.8 Å². The summed E-state index contributed by atoms with van der Waals surface area (Å²) >= 11 is 5.99. The highest BCUT2D eigenvalue weighted by Crippen LogP contribution is 2.34. The fourth-order valence-electron chi connectivity index (χ4n) is 3.15. The van der Waals surface area contributed by atoms with E-state index in [2.05, 4.69) is 15.0 Å². The van der Waals surface area contributed by atoms with Crippen LogP contribution in [0, 0.1) is 5.82 Å². The number of ether oxygens (including phenoxy) is 1. The Kier molecular flexibility index (Phi) is 5.88. The van der Waals surface area contributed by atoms with Crippen LogP contribution in [-0.4, -0.2) is 47.1 Å². The maximum Gasteiger partial charge on any atom is 0.224 e. The van der Waals surface area contributed by atoms with E-state index in [1.807, 2.05) is 49.3 Å². The van der Waals surface area contributed by atoms with E-state index in [9.17, 15) is 4.39 Å². The van der Waals surface area contributed by atoms with E-state index in [0.29, 0.717) is 18.2 Å². The van der Waals surface area contributed by atoms with Crippen molar-refractivity contribution in [2.75, 3.05) is 27.2 Å². The topological polar surface area (TPSA) is 51.1 Å². The molecule has 4 rings (SSSR count). The van der Waals surface area contributed by atoms with Crippen molar-refractivity contribution in [3.63, 3.8) is 0 Å². The molecular formula is C23H20ClFN4O. The van der Waals surface area contributed by atoms with Crippen LogP contribution in [0.1, 0.15) is 0 Å². The van der Waals surface area contributed by atoms with Gasteiger partial charge in [-0.3, -0.25) is 4.98 Å². The van der Waals surface area contributed by atoms with Gasteiger partial charge in [0.15, 0.2) is 0 Å². The van der Waals surface area contributed by atoms with Crippen molar-refractivity contribution in [3.05, 3.63) is 71.9 Å². The van der Waals surface area contributed by atoms with E-state index in [4.69, 9.17) is 16.3 Å². The predicted molar refractivity (Wildman–Crippen MR) is 117 cm³/mol. The van der Waals surface area contributed by atoms with E-state index in [1.165, 1.54) is 12.4 Å². The maximum atomic E-state index is 13.6. The van der Waals surface area contributed by atoms with Crippen LogP contribution >= 0.6 is 11.6 Å². The largest absolute Gasteiger partial charge is 0.476 e. The second-order valence-corrected chi connectivity index (χ2v) is 7.50. The van der Waals surface area contributed by atoms with Gasteiger partial charge in [-0.1, -0.05) is 23.7 Å². The molecule has 0 N–H and O–H groups in total. The van der Waals surface area contributed by atoms with E-state index >= 15 is 0 Å². The van der Waals surface area contributed by atoms with E-state index in [1.54, 1.807) is 18.3 Å². The molecule has 0 bridgehead atoms. The molecule has 0 aliphatic heterocycles. The van der Waals surface area contributed by atoms with Crippen LogP contribution in [0.4, 0.5) is 4.39 Å². The monoisotopic (exact) mass is 422 g/mol. The third-order valence-corrected chi connectivity index (χ3v) is 4.98. The molecule has 2 aromatic carbocycles. The summed E-state index contributed by atoms with van der Waals surface area (Å²) < 4.78 is 19.5. The molecule has 0 amide bonds. The zero-order valence-corrected chi connectivity index (χ0v) is 17.4. The fourth-order valence-corrected chi connectivity index (χ4v) is 3.33. The Balaban J connectivity index is 1.78. The number of rotatable bonds is 6. The van der Waals surface area contributed by atoms with Crippen molar-refractivity contribution >= 4 is 22.5 Å². The number of nitrogens with zero attached hydrogens (tertiary/aromatic N) is 4. The Morgan fingerprint density at radius 3 is 2.63 bits per heavy atom. The molecule has 0 aliphatic rings. The third kappa shape index (κ3) is 4.25. The number of halogens is 2. The molecular weight excluding hydrogens is 403 g/mol. The zero-order valence-electron chi connectivity index (χ0n) is 16.6. The highest BCUT2D eigenvalue weighted by atomic mass is 35.5. The average molecular weight is 423 g/mol. The van der Waals surface area contributed by atoms with Gasteiger partial charge < -0.3 is 9.64 Å². The molecule has 4 aromatic rings. The number of fused-ring (bicyclic) bond motifs is 1. The quantitative estimate of drug-likeness (QED) is 0.433. The minimum Gasteiger partial charge on any atom is -0.476 e. The normalized spacial score (nSPS) is 11.2. The van der Waals surface area contributed by atoms with Crippen molar-refractivity contribution in [1.82, 2.24) is 19.9 Å². The van der Waals surface area contributed by atoms with Gasteiger partial charge in [0.2, 0.25) is 5.88 Å². The maximum absolute atomic E-state index is 13.6. The Hall–Kier alpha value is -3.09. The summed E-state index contributed by atoms with van der Waals surface area (Å²) in [6.07, 6.45) is 3.21. The Labute approximate surface area is 179 Å². The molecule has 0 spiro atoms. The number of benzene rings is 2. The van der Waals surface area contributed by atoms with E-state index in [-0.39, 0.29) is 5.02 Å². The first kappa shape index (κ1) is 20.2. The van der Waals surface area contributed by atoms with Crippen molar-refractivity contribution in [2.24, 2.45) is 0 Å². The van der Waals surface area contributed by atoms with Gasteiger partial charge in [0.05, 0.1) is 21.6 Å². The highest BCUT2D eigenvalue weighted by Gasteiger charge is 2.13.